The molecule has 0 saturated carbocycles. The molecule has 8 nitrogen and oxygen atoms in total. The largest absolute Gasteiger partial charge is 0.497 e. The summed E-state index contributed by atoms with van der Waals surface area (Å²) in [5, 5.41) is 12.4. The van der Waals surface area contributed by atoms with Gasteiger partial charge in [-0.1, -0.05) is 19.1 Å². The quantitative estimate of drug-likeness (QED) is 0.822. The van der Waals surface area contributed by atoms with Crippen LogP contribution in [0.3, 0.4) is 0 Å². The van der Waals surface area contributed by atoms with Crippen molar-refractivity contribution < 1.29 is 19.4 Å². The predicted molar refractivity (Wildman–Crippen MR) is 103 cm³/mol. The van der Waals surface area contributed by atoms with Crippen molar-refractivity contribution in [2.75, 3.05) is 20.2 Å². The van der Waals surface area contributed by atoms with Crippen LogP contribution in [0.4, 0.5) is 4.79 Å². The Hall–Kier alpha value is -3.03. The van der Waals surface area contributed by atoms with E-state index >= 15 is 0 Å². The molecular weight excluding hydrogens is 360 g/mol. The molecule has 2 aromatic rings. The van der Waals surface area contributed by atoms with Crippen molar-refractivity contribution in [2.24, 2.45) is 18.9 Å². The number of hydrogen-bond donors (Lipinski definition) is 2. The van der Waals surface area contributed by atoms with Gasteiger partial charge in [0, 0.05) is 32.5 Å². The van der Waals surface area contributed by atoms with Gasteiger partial charge in [-0.25, -0.2) is 9.78 Å². The maximum Gasteiger partial charge on any atom is 0.318 e. The molecule has 1 aliphatic heterocycles. The molecule has 2 amide bonds. The Kier molecular flexibility index (Phi) is 5.87. The fraction of sp³-hybridized carbons (Fsp3) is 0.450. The van der Waals surface area contributed by atoms with Crippen LogP contribution in [0.25, 0.3) is 0 Å². The van der Waals surface area contributed by atoms with Gasteiger partial charge in [-0.3, -0.25) is 4.79 Å². The van der Waals surface area contributed by atoms with Crippen LogP contribution >= 0.6 is 0 Å². The highest BCUT2D eigenvalue weighted by Gasteiger charge is 2.33. The first-order chi connectivity index (χ1) is 13.4. The molecule has 8 heteroatoms. The van der Waals surface area contributed by atoms with Crippen molar-refractivity contribution in [1.82, 2.24) is 19.8 Å². The average Bonchev–Trinajstić information content (AvgIpc) is 3.11. The highest BCUT2D eigenvalue weighted by Crippen LogP contribution is 2.25. The molecule has 0 spiro atoms. The van der Waals surface area contributed by atoms with Gasteiger partial charge in [0.2, 0.25) is 0 Å². The van der Waals surface area contributed by atoms with Gasteiger partial charge in [0.1, 0.15) is 17.6 Å². The number of imidazole rings is 1. The third-order valence-electron chi connectivity index (χ3n) is 5.13. The topological polar surface area (TPSA) is 96.7 Å². The van der Waals surface area contributed by atoms with Crippen molar-refractivity contribution >= 4 is 12.0 Å². The molecule has 2 heterocycles. The number of aliphatic carboxylic acids is 1. The van der Waals surface area contributed by atoms with Gasteiger partial charge in [-0.05, 0) is 30.0 Å². The number of likely N-dealkylation sites (tertiary alicyclic amines) is 1. The van der Waals surface area contributed by atoms with E-state index in [2.05, 4.69) is 10.3 Å². The molecule has 1 aromatic heterocycles. The van der Waals surface area contributed by atoms with Crippen LogP contribution in [0.5, 0.6) is 5.75 Å². The minimum absolute atomic E-state index is 0.133. The molecule has 0 aliphatic carbocycles. The van der Waals surface area contributed by atoms with E-state index in [1.165, 1.54) is 0 Å². The Morgan fingerprint density at radius 3 is 2.57 bits per heavy atom. The van der Waals surface area contributed by atoms with Gasteiger partial charge in [-0.15, -0.1) is 0 Å². The zero-order valence-electron chi connectivity index (χ0n) is 16.3. The third-order valence-corrected chi connectivity index (χ3v) is 5.13. The number of ether oxygens (including phenoxy) is 1. The lowest BCUT2D eigenvalue weighted by atomic mass is 9.91. The molecule has 3 unspecified atom stereocenters. The number of urea groups is 1. The van der Waals surface area contributed by atoms with Crippen molar-refractivity contribution in [3.8, 4) is 5.75 Å². The maximum absolute atomic E-state index is 13.0. The number of rotatable bonds is 5. The van der Waals surface area contributed by atoms with Crippen LogP contribution in [-0.2, 0) is 11.8 Å². The summed E-state index contributed by atoms with van der Waals surface area (Å²) in [6, 6.07) is 6.69. The zero-order valence-corrected chi connectivity index (χ0v) is 16.3. The second-order valence-electron chi connectivity index (χ2n) is 7.33. The van der Waals surface area contributed by atoms with E-state index in [0.717, 1.165) is 11.3 Å². The fourth-order valence-electron chi connectivity index (χ4n) is 3.66. The van der Waals surface area contributed by atoms with E-state index in [-0.39, 0.29) is 18.5 Å². The molecule has 150 valence electrons. The second kappa shape index (κ2) is 8.33. The number of carboxylic acids is 1. The molecule has 0 radical (unpaired) electrons. The summed E-state index contributed by atoms with van der Waals surface area (Å²) in [4.78, 5) is 30.4. The first-order valence-corrected chi connectivity index (χ1v) is 9.28. The monoisotopic (exact) mass is 386 g/mol. The predicted octanol–water partition coefficient (Wildman–Crippen LogP) is 2.27. The molecule has 1 saturated heterocycles. The van der Waals surface area contributed by atoms with E-state index < -0.39 is 17.9 Å². The smallest absolute Gasteiger partial charge is 0.318 e. The number of carbonyl (C=O) groups is 2. The van der Waals surface area contributed by atoms with Crippen LogP contribution in [0.2, 0.25) is 0 Å². The van der Waals surface area contributed by atoms with Gasteiger partial charge >= 0.3 is 12.0 Å². The SMILES string of the molecule is COc1ccc(C(NC(=O)N2CC(C)CC(C(=O)O)C2)c2nccn2C)cc1. The van der Waals surface area contributed by atoms with Crippen molar-refractivity contribution in [3.05, 3.63) is 48.0 Å². The fourth-order valence-corrected chi connectivity index (χ4v) is 3.66. The van der Waals surface area contributed by atoms with Crippen molar-refractivity contribution in [1.29, 1.82) is 0 Å². The number of benzene rings is 1. The van der Waals surface area contributed by atoms with Crippen LogP contribution < -0.4 is 10.1 Å². The molecule has 1 aliphatic rings. The third kappa shape index (κ3) is 4.27. The highest BCUT2D eigenvalue weighted by molar-refractivity contribution is 5.77. The summed E-state index contributed by atoms with van der Waals surface area (Å²) in [5.74, 6) is 0.150. The second-order valence-corrected chi connectivity index (χ2v) is 7.33. The Bertz CT molecular complexity index is 833. The Morgan fingerprint density at radius 1 is 1.29 bits per heavy atom. The number of nitrogens with zero attached hydrogens (tertiary/aromatic N) is 3. The van der Waals surface area contributed by atoms with Crippen molar-refractivity contribution in [2.45, 2.75) is 19.4 Å². The van der Waals surface area contributed by atoms with Gasteiger partial charge in [0.15, 0.2) is 0 Å². The first kappa shape index (κ1) is 19.7. The number of methoxy groups -OCH3 is 1. The summed E-state index contributed by atoms with van der Waals surface area (Å²) in [6.45, 7) is 2.71. The number of aromatic nitrogens is 2. The molecule has 2 N–H and O–H groups in total. The van der Waals surface area contributed by atoms with Crippen LogP contribution in [0.15, 0.2) is 36.7 Å². The van der Waals surface area contributed by atoms with Gasteiger partial charge in [0.05, 0.1) is 13.0 Å². The number of nitrogens with one attached hydrogen (secondary N) is 1. The van der Waals surface area contributed by atoms with Gasteiger partial charge in [-0.2, -0.15) is 0 Å². The minimum atomic E-state index is -0.861. The Balaban J connectivity index is 1.83. The number of aryl methyl sites for hydroxylation is 1. The van der Waals surface area contributed by atoms with Crippen LogP contribution in [-0.4, -0.2) is 51.8 Å². The minimum Gasteiger partial charge on any atom is -0.497 e. The zero-order chi connectivity index (χ0) is 20.3. The lowest BCUT2D eigenvalue weighted by Crippen LogP contribution is -2.50. The highest BCUT2D eigenvalue weighted by atomic mass is 16.5. The Morgan fingerprint density at radius 2 is 2.00 bits per heavy atom. The number of carbonyl (C=O) groups excluding carboxylic acids is 1. The molecule has 1 fully saturated rings. The molecule has 3 atom stereocenters. The first-order valence-electron chi connectivity index (χ1n) is 9.28. The average molecular weight is 386 g/mol. The number of carboxylic acid groups (broad SMARTS) is 1. The summed E-state index contributed by atoms with van der Waals surface area (Å²) in [6.07, 6.45) is 4.09. The summed E-state index contributed by atoms with van der Waals surface area (Å²) in [7, 11) is 3.47. The number of amides is 2. The Labute approximate surface area is 164 Å². The summed E-state index contributed by atoms with van der Waals surface area (Å²) >= 11 is 0. The van der Waals surface area contributed by atoms with Crippen molar-refractivity contribution in [3.63, 3.8) is 0 Å². The van der Waals surface area contributed by atoms with E-state index in [1.54, 1.807) is 18.2 Å². The standard InChI is InChI=1S/C20H26N4O4/c1-13-10-15(19(25)26)12-24(11-13)20(27)22-17(18-21-8-9-23(18)2)14-4-6-16(28-3)7-5-14/h4-9,13,15,17H,10-12H2,1-3H3,(H,22,27)(H,25,26). The normalized spacial score (nSPS) is 20.5. The molecular formula is C20H26N4O4. The number of piperidine rings is 1. The van der Waals surface area contributed by atoms with E-state index in [1.807, 2.05) is 49.0 Å². The molecule has 28 heavy (non-hydrogen) atoms. The van der Waals surface area contributed by atoms with E-state index in [9.17, 15) is 14.7 Å². The lowest BCUT2D eigenvalue weighted by Gasteiger charge is -2.35. The molecule has 3 rings (SSSR count). The summed E-state index contributed by atoms with van der Waals surface area (Å²) < 4.78 is 7.07. The van der Waals surface area contributed by atoms with Crippen LogP contribution in [0.1, 0.15) is 30.8 Å². The molecule has 0 bridgehead atoms. The molecule has 1 aromatic carbocycles. The van der Waals surface area contributed by atoms with E-state index in [4.69, 9.17) is 4.74 Å². The lowest BCUT2D eigenvalue weighted by molar-refractivity contribution is -0.143. The summed E-state index contributed by atoms with van der Waals surface area (Å²) in [5.41, 5.74) is 0.864. The maximum atomic E-state index is 13.0. The van der Waals surface area contributed by atoms with Gasteiger partial charge < -0.3 is 24.6 Å². The number of hydrogen-bond acceptors (Lipinski definition) is 4. The van der Waals surface area contributed by atoms with Gasteiger partial charge in [0.25, 0.3) is 0 Å². The van der Waals surface area contributed by atoms with Crippen LogP contribution in [0, 0.1) is 11.8 Å². The van der Waals surface area contributed by atoms with E-state index in [0.29, 0.717) is 18.8 Å².